The van der Waals surface area contributed by atoms with Crippen LogP contribution in [0.15, 0.2) is 0 Å². The minimum atomic E-state index is -0.114. The van der Waals surface area contributed by atoms with Crippen molar-refractivity contribution in [2.45, 2.75) is 264 Å². The molecule has 0 spiro atoms. The molecule has 1 N–H and O–H groups in total. The molecule has 0 heterocycles. The van der Waals surface area contributed by atoms with Crippen LogP contribution in [0.2, 0.25) is 0 Å². The minimum absolute atomic E-state index is 0.0252. The smallest absolute Gasteiger partial charge is 0.305 e. The van der Waals surface area contributed by atoms with Crippen molar-refractivity contribution < 1.29 is 14.6 Å². The fourth-order valence-corrected chi connectivity index (χ4v) is 6.81. The molecule has 0 unspecified atom stereocenters. The van der Waals surface area contributed by atoms with Crippen LogP contribution < -0.4 is 0 Å². The van der Waals surface area contributed by atoms with E-state index in [0.29, 0.717) is 13.0 Å². The predicted molar refractivity (Wildman–Crippen MR) is 204 cm³/mol. The van der Waals surface area contributed by atoms with Crippen LogP contribution in [0.1, 0.15) is 258 Å². The molecule has 0 aromatic rings. The van der Waals surface area contributed by atoms with Gasteiger partial charge in [0, 0.05) is 6.42 Å². The van der Waals surface area contributed by atoms with Crippen LogP contribution in [-0.2, 0) is 9.53 Å². The molecule has 0 aromatic carbocycles. The maximum absolute atomic E-state index is 11.7. The standard InChI is InChI=1S/C43H86O3/c1-3-5-7-9-10-11-12-13-14-15-16-17-18-19-20-21-22-23-24-25-26-27-28-29-31-34-38-42(44)39-35-32-30-33-36-40-43(45)46-41-37-8-6-4-2/h42,44H,3-41H2,1-2H3/t42-/m0/s1. The summed E-state index contributed by atoms with van der Waals surface area (Å²) in [4.78, 5) is 11.7. The number of aliphatic hydroxyl groups excluding tert-OH is 1. The van der Waals surface area contributed by atoms with Crippen molar-refractivity contribution in [1.82, 2.24) is 0 Å². The second-order valence-corrected chi connectivity index (χ2v) is 14.9. The molecule has 0 amide bonds. The lowest BCUT2D eigenvalue weighted by atomic mass is 10.0. The Morgan fingerprint density at radius 2 is 0.652 bits per heavy atom. The number of hydrogen-bond donors (Lipinski definition) is 1. The van der Waals surface area contributed by atoms with Gasteiger partial charge < -0.3 is 9.84 Å². The summed E-state index contributed by atoms with van der Waals surface area (Å²) in [6, 6.07) is 0. The summed E-state index contributed by atoms with van der Waals surface area (Å²) >= 11 is 0. The van der Waals surface area contributed by atoms with Gasteiger partial charge in [-0.1, -0.05) is 226 Å². The van der Waals surface area contributed by atoms with Gasteiger partial charge in [0.25, 0.3) is 0 Å². The first-order valence-electron chi connectivity index (χ1n) is 21.5. The van der Waals surface area contributed by atoms with Crippen LogP contribution in [0.25, 0.3) is 0 Å². The number of aliphatic hydroxyl groups is 1. The molecular formula is C43H86O3. The molecule has 0 fully saturated rings. The number of carbonyl (C=O) groups excluding carboxylic acids is 1. The Hall–Kier alpha value is -0.570. The lowest BCUT2D eigenvalue weighted by Gasteiger charge is -2.10. The van der Waals surface area contributed by atoms with Gasteiger partial charge in [-0.2, -0.15) is 0 Å². The van der Waals surface area contributed by atoms with E-state index in [1.807, 2.05) is 0 Å². The highest BCUT2D eigenvalue weighted by molar-refractivity contribution is 5.69. The van der Waals surface area contributed by atoms with Crippen LogP contribution in [0.3, 0.4) is 0 Å². The molecule has 0 aromatic heterocycles. The monoisotopic (exact) mass is 651 g/mol. The average Bonchev–Trinajstić information content (AvgIpc) is 3.05. The van der Waals surface area contributed by atoms with Gasteiger partial charge in [0.15, 0.2) is 0 Å². The van der Waals surface area contributed by atoms with Gasteiger partial charge in [-0.25, -0.2) is 0 Å². The third kappa shape index (κ3) is 39.6. The molecule has 0 aliphatic heterocycles. The molecule has 1 atom stereocenters. The van der Waals surface area contributed by atoms with Gasteiger partial charge in [0.2, 0.25) is 0 Å². The number of hydrogen-bond acceptors (Lipinski definition) is 3. The fraction of sp³-hybridized carbons (Fsp3) is 0.977. The number of unbranched alkanes of at least 4 members (excludes halogenated alkanes) is 32. The molecule has 0 radical (unpaired) electrons. The van der Waals surface area contributed by atoms with Crippen LogP contribution in [-0.4, -0.2) is 23.8 Å². The molecule has 0 aliphatic rings. The van der Waals surface area contributed by atoms with Gasteiger partial charge in [0.05, 0.1) is 12.7 Å². The van der Waals surface area contributed by atoms with Crippen molar-refractivity contribution in [2.24, 2.45) is 0 Å². The molecule has 0 bridgehead atoms. The maximum Gasteiger partial charge on any atom is 0.305 e. The highest BCUT2D eigenvalue weighted by Crippen LogP contribution is 2.17. The van der Waals surface area contributed by atoms with Gasteiger partial charge in [0.1, 0.15) is 0 Å². The summed E-state index contributed by atoms with van der Waals surface area (Å²) < 4.78 is 5.30. The Balaban J connectivity index is 3.18. The van der Waals surface area contributed by atoms with Crippen molar-refractivity contribution in [2.75, 3.05) is 6.61 Å². The first-order chi connectivity index (χ1) is 22.7. The average molecular weight is 651 g/mol. The minimum Gasteiger partial charge on any atom is -0.466 e. The molecule has 276 valence electrons. The zero-order valence-corrected chi connectivity index (χ0v) is 31.9. The summed E-state index contributed by atoms with van der Waals surface area (Å²) in [6.45, 7) is 5.09. The van der Waals surface area contributed by atoms with Crippen LogP contribution in [0.5, 0.6) is 0 Å². The Labute approximate surface area is 290 Å². The van der Waals surface area contributed by atoms with Crippen molar-refractivity contribution in [3.05, 3.63) is 0 Å². The molecule has 0 saturated heterocycles. The third-order valence-corrected chi connectivity index (χ3v) is 10.1. The molecule has 3 heteroatoms. The Morgan fingerprint density at radius 1 is 0.391 bits per heavy atom. The van der Waals surface area contributed by atoms with Crippen molar-refractivity contribution in [3.8, 4) is 0 Å². The van der Waals surface area contributed by atoms with Crippen molar-refractivity contribution in [1.29, 1.82) is 0 Å². The predicted octanol–water partition coefficient (Wildman–Crippen LogP) is 14.8. The van der Waals surface area contributed by atoms with Gasteiger partial charge in [-0.05, 0) is 25.7 Å². The SMILES string of the molecule is CCCCCCCCCCCCCCCCCCCCCCCCCCCC[C@H](O)CCCCCCCC(=O)OCCCCCC. The molecule has 0 aliphatic carbocycles. The van der Waals surface area contributed by atoms with E-state index in [1.54, 1.807) is 0 Å². The second kappa shape index (κ2) is 40.6. The number of carbonyl (C=O) groups is 1. The first-order valence-corrected chi connectivity index (χ1v) is 21.5. The summed E-state index contributed by atoms with van der Waals surface area (Å²) in [6.07, 6.45) is 49.6. The number of ether oxygens (including phenoxy) is 1. The van der Waals surface area contributed by atoms with Crippen molar-refractivity contribution in [3.63, 3.8) is 0 Å². The van der Waals surface area contributed by atoms with Crippen LogP contribution >= 0.6 is 0 Å². The lowest BCUT2D eigenvalue weighted by molar-refractivity contribution is -0.143. The Kier molecular flexibility index (Phi) is 40.1. The molecule has 0 saturated carbocycles. The molecule has 0 rings (SSSR count). The topological polar surface area (TPSA) is 46.5 Å². The molecule has 46 heavy (non-hydrogen) atoms. The van der Waals surface area contributed by atoms with E-state index in [2.05, 4.69) is 13.8 Å². The van der Waals surface area contributed by atoms with Gasteiger partial charge in [-0.3, -0.25) is 4.79 Å². The fourth-order valence-electron chi connectivity index (χ4n) is 6.81. The molecular weight excluding hydrogens is 564 g/mol. The largest absolute Gasteiger partial charge is 0.466 e. The summed E-state index contributed by atoms with van der Waals surface area (Å²) in [7, 11) is 0. The zero-order valence-electron chi connectivity index (χ0n) is 31.9. The van der Waals surface area contributed by atoms with Gasteiger partial charge >= 0.3 is 5.97 Å². The summed E-state index contributed by atoms with van der Waals surface area (Å²) in [5.74, 6) is -0.0252. The second-order valence-electron chi connectivity index (χ2n) is 14.9. The Bertz CT molecular complexity index is 562. The van der Waals surface area contributed by atoms with E-state index in [9.17, 15) is 9.90 Å². The third-order valence-electron chi connectivity index (χ3n) is 10.1. The lowest BCUT2D eigenvalue weighted by Crippen LogP contribution is -2.06. The van der Waals surface area contributed by atoms with E-state index < -0.39 is 0 Å². The quantitative estimate of drug-likeness (QED) is 0.0530. The van der Waals surface area contributed by atoms with E-state index in [-0.39, 0.29) is 12.1 Å². The highest BCUT2D eigenvalue weighted by atomic mass is 16.5. The zero-order chi connectivity index (χ0) is 33.4. The maximum atomic E-state index is 11.7. The first kappa shape index (κ1) is 45.4. The van der Waals surface area contributed by atoms with E-state index in [4.69, 9.17) is 4.74 Å². The normalized spacial score (nSPS) is 12.2. The van der Waals surface area contributed by atoms with E-state index in [0.717, 1.165) is 51.4 Å². The number of esters is 1. The number of rotatable bonds is 40. The molecule has 3 nitrogen and oxygen atoms in total. The van der Waals surface area contributed by atoms with Crippen LogP contribution in [0.4, 0.5) is 0 Å². The summed E-state index contributed by atoms with van der Waals surface area (Å²) in [5.41, 5.74) is 0. The van der Waals surface area contributed by atoms with E-state index in [1.165, 1.54) is 186 Å². The van der Waals surface area contributed by atoms with Crippen molar-refractivity contribution >= 4 is 5.97 Å². The van der Waals surface area contributed by atoms with Crippen LogP contribution in [0, 0.1) is 0 Å². The highest BCUT2D eigenvalue weighted by Gasteiger charge is 2.05. The van der Waals surface area contributed by atoms with E-state index >= 15 is 0 Å². The summed E-state index contributed by atoms with van der Waals surface area (Å²) in [5, 5.41) is 10.3. The Morgan fingerprint density at radius 3 is 0.978 bits per heavy atom. The van der Waals surface area contributed by atoms with Gasteiger partial charge in [-0.15, -0.1) is 0 Å².